The van der Waals surface area contributed by atoms with Crippen molar-refractivity contribution in [2.45, 2.75) is 31.8 Å². The highest BCUT2D eigenvalue weighted by Gasteiger charge is 2.24. The molecule has 1 heterocycles. The minimum Gasteiger partial charge on any atom is -0.395 e. The predicted octanol–water partition coefficient (Wildman–Crippen LogP) is 1.44. The standard InChI is InChI=1S/C14H19NO2S/c16-9-2-5-13-6-7-14(18-13)11-15(8-10-17)12-3-1-4-12/h6-7,12,16-17H,1,3-4,8-11H2. The van der Waals surface area contributed by atoms with Crippen molar-refractivity contribution in [1.29, 1.82) is 0 Å². The molecule has 1 aromatic rings. The maximum Gasteiger partial charge on any atom is 0.104 e. The van der Waals surface area contributed by atoms with Crippen LogP contribution >= 0.6 is 11.3 Å². The molecule has 0 atom stereocenters. The summed E-state index contributed by atoms with van der Waals surface area (Å²) >= 11 is 1.67. The lowest BCUT2D eigenvalue weighted by Crippen LogP contribution is -2.41. The van der Waals surface area contributed by atoms with E-state index in [0.717, 1.165) is 18.0 Å². The van der Waals surface area contributed by atoms with E-state index in [9.17, 15) is 0 Å². The van der Waals surface area contributed by atoms with Gasteiger partial charge in [0.2, 0.25) is 0 Å². The molecule has 1 aromatic heterocycles. The molecule has 98 valence electrons. The molecule has 0 bridgehead atoms. The van der Waals surface area contributed by atoms with E-state index in [0.29, 0.717) is 6.04 Å². The van der Waals surface area contributed by atoms with Gasteiger partial charge in [0.15, 0.2) is 0 Å². The van der Waals surface area contributed by atoms with Crippen LogP contribution in [0.15, 0.2) is 12.1 Å². The average Bonchev–Trinajstić information content (AvgIpc) is 2.72. The van der Waals surface area contributed by atoms with Gasteiger partial charge in [0, 0.05) is 24.0 Å². The van der Waals surface area contributed by atoms with Crippen LogP contribution in [0.25, 0.3) is 0 Å². The van der Waals surface area contributed by atoms with Gasteiger partial charge >= 0.3 is 0 Å². The summed E-state index contributed by atoms with van der Waals surface area (Å²) < 4.78 is 0. The number of rotatable bonds is 5. The fraction of sp³-hybridized carbons (Fsp3) is 0.571. The SMILES string of the molecule is OCC#Cc1ccc(CN(CCO)C2CCC2)s1. The summed E-state index contributed by atoms with van der Waals surface area (Å²) in [4.78, 5) is 4.63. The van der Waals surface area contributed by atoms with Crippen molar-refractivity contribution in [3.63, 3.8) is 0 Å². The molecule has 0 saturated heterocycles. The van der Waals surface area contributed by atoms with Crippen LogP contribution in [0, 0.1) is 11.8 Å². The molecular weight excluding hydrogens is 246 g/mol. The van der Waals surface area contributed by atoms with Crippen LogP contribution in [0.3, 0.4) is 0 Å². The van der Waals surface area contributed by atoms with Gasteiger partial charge in [0.1, 0.15) is 6.61 Å². The fourth-order valence-corrected chi connectivity index (χ4v) is 3.04. The quantitative estimate of drug-likeness (QED) is 0.792. The number of thiophene rings is 1. The van der Waals surface area contributed by atoms with E-state index in [2.05, 4.69) is 22.8 Å². The molecule has 1 saturated carbocycles. The molecular formula is C14H19NO2S. The number of aliphatic hydroxyl groups is 2. The molecule has 1 fully saturated rings. The second kappa shape index (κ2) is 6.91. The number of hydrogen-bond donors (Lipinski definition) is 2. The lowest BCUT2D eigenvalue weighted by molar-refractivity contribution is 0.0955. The molecule has 0 amide bonds. The Labute approximate surface area is 112 Å². The van der Waals surface area contributed by atoms with Crippen LogP contribution < -0.4 is 0 Å². The average molecular weight is 265 g/mol. The Morgan fingerprint density at radius 1 is 1.33 bits per heavy atom. The van der Waals surface area contributed by atoms with Crippen molar-refractivity contribution < 1.29 is 10.2 Å². The first kappa shape index (κ1) is 13.6. The maximum atomic E-state index is 9.12. The van der Waals surface area contributed by atoms with E-state index in [1.807, 2.05) is 6.07 Å². The van der Waals surface area contributed by atoms with Gasteiger partial charge in [-0.05, 0) is 25.0 Å². The van der Waals surface area contributed by atoms with Gasteiger partial charge in [-0.15, -0.1) is 11.3 Å². The largest absolute Gasteiger partial charge is 0.395 e. The first-order valence-corrected chi connectivity index (χ1v) is 7.18. The summed E-state index contributed by atoms with van der Waals surface area (Å²) in [6.45, 7) is 1.78. The second-order valence-electron chi connectivity index (χ2n) is 4.50. The summed E-state index contributed by atoms with van der Waals surface area (Å²) in [6.07, 6.45) is 3.81. The number of nitrogens with zero attached hydrogens (tertiary/aromatic N) is 1. The minimum absolute atomic E-state index is 0.0913. The van der Waals surface area contributed by atoms with Crippen molar-refractivity contribution >= 4 is 11.3 Å². The third-order valence-electron chi connectivity index (χ3n) is 3.29. The Kier molecular flexibility index (Phi) is 5.21. The van der Waals surface area contributed by atoms with E-state index >= 15 is 0 Å². The van der Waals surface area contributed by atoms with Crippen LogP contribution in [-0.4, -0.2) is 40.9 Å². The van der Waals surface area contributed by atoms with Gasteiger partial charge < -0.3 is 10.2 Å². The molecule has 2 N–H and O–H groups in total. The van der Waals surface area contributed by atoms with E-state index in [1.165, 1.54) is 24.1 Å². The van der Waals surface area contributed by atoms with Gasteiger partial charge in [-0.25, -0.2) is 0 Å². The zero-order valence-electron chi connectivity index (χ0n) is 10.4. The van der Waals surface area contributed by atoms with E-state index in [4.69, 9.17) is 10.2 Å². The molecule has 0 unspecified atom stereocenters. The van der Waals surface area contributed by atoms with Gasteiger partial charge in [-0.2, -0.15) is 0 Å². The zero-order valence-corrected chi connectivity index (χ0v) is 11.2. The van der Waals surface area contributed by atoms with Crippen molar-refractivity contribution in [3.05, 3.63) is 21.9 Å². The van der Waals surface area contributed by atoms with Crippen LogP contribution in [0.4, 0.5) is 0 Å². The van der Waals surface area contributed by atoms with Crippen LogP contribution in [-0.2, 0) is 6.54 Å². The lowest BCUT2D eigenvalue weighted by atomic mass is 9.91. The van der Waals surface area contributed by atoms with Gasteiger partial charge in [0.05, 0.1) is 11.5 Å². The molecule has 0 spiro atoms. The van der Waals surface area contributed by atoms with E-state index < -0.39 is 0 Å². The fourth-order valence-electron chi connectivity index (χ4n) is 2.13. The summed E-state index contributed by atoms with van der Waals surface area (Å²) in [5.74, 6) is 5.59. The highest BCUT2D eigenvalue weighted by molar-refractivity contribution is 7.12. The highest BCUT2D eigenvalue weighted by atomic mass is 32.1. The van der Waals surface area contributed by atoms with Crippen LogP contribution in [0.1, 0.15) is 29.0 Å². The minimum atomic E-state index is -0.0913. The lowest BCUT2D eigenvalue weighted by Gasteiger charge is -2.36. The van der Waals surface area contributed by atoms with Crippen LogP contribution in [0.5, 0.6) is 0 Å². The van der Waals surface area contributed by atoms with Crippen molar-refractivity contribution in [2.75, 3.05) is 19.8 Å². The summed E-state index contributed by atoms with van der Waals surface area (Å²) in [7, 11) is 0. The molecule has 0 aliphatic heterocycles. The zero-order chi connectivity index (χ0) is 12.8. The topological polar surface area (TPSA) is 43.7 Å². The third kappa shape index (κ3) is 3.56. The molecule has 1 aliphatic carbocycles. The first-order valence-electron chi connectivity index (χ1n) is 6.37. The number of hydrogen-bond acceptors (Lipinski definition) is 4. The molecule has 2 rings (SSSR count). The Morgan fingerprint density at radius 3 is 2.78 bits per heavy atom. The summed E-state index contributed by atoms with van der Waals surface area (Å²) in [5, 5.41) is 17.8. The Balaban J connectivity index is 1.95. The van der Waals surface area contributed by atoms with Crippen LogP contribution in [0.2, 0.25) is 0 Å². The smallest absolute Gasteiger partial charge is 0.104 e. The normalized spacial score (nSPS) is 15.3. The second-order valence-corrected chi connectivity index (χ2v) is 5.67. The highest BCUT2D eigenvalue weighted by Crippen LogP contribution is 2.27. The summed E-state index contributed by atoms with van der Waals surface area (Å²) in [5.41, 5.74) is 0. The predicted molar refractivity (Wildman–Crippen MR) is 73.4 cm³/mol. The summed E-state index contributed by atoms with van der Waals surface area (Å²) in [6, 6.07) is 4.74. The Bertz CT molecular complexity index is 428. The van der Waals surface area contributed by atoms with E-state index in [1.54, 1.807) is 11.3 Å². The van der Waals surface area contributed by atoms with Gasteiger partial charge in [0.25, 0.3) is 0 Å². The molecule has 1 aliphatic rings. The first-order chi connectivity index (χ1) is 8.83. The van der Waals surface area contributed by atoms with Crippen molar-refractivity contribution in [3.8, 4) is 11.8 Å². The van der Waals surface area contributed by atoms with Crippen molar-refractivity contribution in [2.24, 2.45) is 0 Å². The van der Waals surface area contributed by atoms with Gasteiger partial charge in [-0.3, -0.25) is 4.90 Å². The van der Waals surface area contributed by atoms with Crippen molar-refractivity contribution in [1.82, 2.24) is 4.90 Å². The Morgan fingerprint density at radius 2 is 2.17 bits per heavy atom. The third-order valence-corrected chi connectivity index (χ3v) is 4.27. The van der Waals surface area contributed by atoms with E-state index in [-0.39, 0.29) is 13.2 Å². The van der Waals surface area contributed by atoms with Gasteiger partial charge in [-0.1, -0.05) is 18.3 Å². The molecule has 18 heavy (non-hydrogen) atoms. The molecule has 3 nitrogen and oxygen atoms in total. The monoisotopic (exact) mass is 265 g/mol. The Hall–Kier alpha value is -0.860. The molecule has 4 heteroatoms. The molecule has 0 radical (unpaired) electrons. The maximum absolute atomic E-state index is 9.12. The number of aliphatic hydroxyl groups excluding tert-OH is 2. The molecule has 0 aromatic carbocycles.